The minimum Gasteiger partial charge on any atom is -0.480 e. The predicted molar refractivity (Wildman–Crippen MR) is 88.2 cm³/mol. The van der Waals surface area contributed by atoms with Gasteiger partial charge in [-0.05, 0) is 43.1 Å². The van der Waals surface area contributed by atoms with Crippen LogP contribution in [-0.4, -0.2) is 56.5 Å². The fourth-order valence-corrected chi connectivity index (χ4v) is 3.38. The third-order valence-electron chi connectivity index (χ3n) is 3.83. The van der Waals surface area contributed by atoms with Crippen molar-refractivity contribution in [2.45, 2.75) is 24.7 Å². The second-order valence-corrected chi connectivity index (χ2v) is 7.30. The summed E-state index contributed by atoms with van der Waals surface area (Å²) in [5, 5.41) is 14.0. The topological polar surface area (TPSA) is 121 Å². The quantitative estimate of drug-likeness (QED) is 0.711. The number of hydrogen-bond acceptors (Lipinski definition) is 5. The number of sulfonamides is 1. The lowest BCUT2D eigenvalue weighted by Crippen LogP contribution is -2.42. The summed E-state index contributed by atoms with van der Waals surface area (Å²) in [4.78, 5) is 26.6. The van der Waals surface area contributed by atoms with Gasteiger partial charge in [-0.2, -0.15) is 0 Å². The predicted octanol–water partition coefficient (Wildman–Crippen LogP) is 0.0197. The normalized spacial score (nSPS) is 14.0. The molecule has 0 saturated heterocycles. The first kappa shape index (κ1) is 18.4. The SMILES string of the molecule is CCCN(CC(=O)O)CC(=O)N1CCc2cc(S(N)(=O)=O)ccc21. The molecule has 0 aliphatic carbocycles. The van der Waals surface area contributed by atoms with Gasteiger partial charge in [-0.15, -0.1) is 0 Å². The molecule has 0 atom stereocenters. The molecule has 0 spiro atoms. The lowest BCUT2D eigenvalue weighted by atomic mass is 10.2. The third kappa shape index (κ3) is 4.31. The van der Waals surface area contributed by atoms with E-state index in [1.165, 1.54) is 12.1 Å². The van der Waals surface area contributed by atoms with Gasteiger partial charge in [0.15, 0.2) is 0 Å². The van der Waals surface area contributed by atoms with Crippen molar-refractivity contribution in [3.63, 3.8) is 0 Å². The van der Waals surface area contributed by atoms with Gasteiger partial charge < -0.3 is 10.0 Å². The Labute approximate surface area is 140 Å². The van der Waals surface area contributed by atoms with Crippen molar-refractivity contribution in [2.75, 3.05) is 31.1 Å². The minimum absolute atomic E-state index is 0.0104. The molecule has 8 nitrogen and oxygen atoms in total. The van der Waals surface area contributed by atoms with Crippen LogP contribution in [0, 0.1) is 0 Å². The molecule has 1 aliphatic rings. The van der Waals surface area contributed by atoms with Crippen molar-refractivity contribution in [1.82, 2.24) is 4.90 Å². The number of benzene rings is 1. The average molecular weight is 355 g/mol. The second-order valence-electron chi connectivity index (χ2n) is 5.74. The number of rotatable bonds is 7. The zero-order chi connectivity index (χ0) is 17.9. The Morgan fingerprint density at radius 3 is 2.62 bits per heavy atom. The Balaban J connectivity index is 2.15. The number of carbonyl (C=O) groups is 2. The maximum Gasteiger partial charge on any atom is 0.317 e. The summed E-state index contributed by atoms with van der Waals surface area (Å²) in [6.45, 7) is 2.69. The minimum atomic E-state index is -3.78. The van der Waals surface area contributed by atoms with Gasteiger partial charge in [-0.3, -0.25) is 14.5 Å². The molecule has 0 unspecified atom stereocenters. The van der Waals surface area contributed by atoms with Gasteiger partial charge in [0.2, 0.25) is 15.9 Å². The summed E-state index contributed by atoms with van der Waals surface area (Å²) in [5.41, 5.74) is 1.40. The zero-order valence-corrected chi connectivity index (χ0v) is 14.3. The Hall–Kier alpha value is -1.97. The van der Waals surface area contributed by atoms with Crippen LogP contribution in [0.3, 0.4) is 0 Å². The van der Waals surface area contributed by atoms with Crippen molar-refractivity contribution in [2.24, 2.45) is 5.14 Å². The monoisotopic (exact) mass is 355 g/mol. The Kier molecular flexibility index (Phi) is 5.58. The highest BCUT2D eigenvalue weighted by Crippen LogP contribution is 2.30. The molecule has 1 aromatic rings. The van der Waals surface area contributed by atoms with Crippen LogP contribution in [0.15, 0.2) is 23.1 Å². The molecule has 1 aromatic carbocycles. The molecule has 0 fully saturated rings. The molecule has 24 heavy (non-hydrogen) atoms. The van der Waals surface area contributed by atoms with E-state index in [-0.39, 0.29) is 23.9 Å². The van der Waals surface area contributed by atoms with Crippen molar-refractivity contribution < 1.29 is 23.1 Å². The number of hydrogen-bond donors (Lipinski definition) is 2. The third-order valence-corrected chi connectivity index (χ3v) is 4.74. The zero-order valence-electron chi connectivity index (χ0n) is 13.4. The van der Waals surface area contributed by atoms with Crippen LogP contribution in [0.25, 0.3) is 0 Å². The number of amides is 1. The van der Waals surface area contributed by atoms with E-state index in [2.05, 4.69) is 0 Å². The molecule has 2 rings (SSSR count). The molecule has 0 saturated carbocycles. The van der Waals surface area contributed by atoms with E-state index in [1.807, 2.05) is 6.92 Å². The number of primary sulfonamides is 1. The van der Waals surface area contributed by atoms with Gasteiger partial charge >= 0.3 is 5.97 Å². The van der Waals surface area contributed by atoms with E-state index < -0.39 is 16.0 Å². The number of anilines is 1. The first-order valence-corrected chi connectivity index (χ1v) is 9.17. The summed E-state index contributed by atoms with van der Waals surface area (Å²) in [7, 11) is -3.78. The molecule has 1 amide bonds. The van der Waals surface area contributed by atoms with E-state index in [1.54, 1.807) is 15.9 Å². The highest BCUT2D eigenvalue weighted by molar-refractivity contribution is 7.89. The van der Waals surface area contributed by atoms with Crippen LogP contribution in [0.1, 0.15) is 18.9 Å². The molecule has 132 valence electrons. The van der Waals surface area contributed by atoms with Gasteiger partial charge in [0.05, 0.1) is 18.0 Å². The van der Waals surface area contributed by atoms with Crippen LogP contribution in [-0.2, 0) is 26.0 Å². The smallest absolute Gasteiger partial charge is 0.317 e. The lowest BCUT2D eigenvalue weighted by molar-refractivity contribution is -0.138. The molecule has 3 N–H and O–H groups in total. The number of carboxylic acids is 1. The largest absolute Gasteiger partial charge is 0.480 e. The second kappa shape index (κ2) is 7.29. The van der Waals surface area contributed by atoms with Crippen LogP contribution in [0.2, 0.25) is 0 Å². The molecule has 0 aromatic heterocycles. The molecule has 9 heteroatoms. The number of carbonyl (C=O) groups excluding carboxylic acids is 1. The molecular formula is C15H21N3O5S. The number of carboxylic acid groups (broad SMARTS) is 1. The van der Waals surface area contributed by atoms with Gasteiger partial charge in [0, 0.05) is 12.2 Å². The van der Waals surface area contributed by atoms with Gasteiger partial charge in [0.1, 0.15) is 0 Å². The Morgan fingerprint density at radius 2 is 2.04 bits per heavy atom. The Bertz CT molecular complexity index is 747. The molecule has 0 bridgehead atoms. The number of fused-ring (bicyclic) bond motifs is 1. The van der Waals surface area contributed by atoms with Crippen molar-refractivity contribution in [3.8, 4) is 0 Å². The van der Waals surface area contributed by atoms with E-state index in [0.29, 0.717) is 25.2 Å². The number of aliphatic carboxylic acids is 1. The summed E-state index contributed by atoms with van der Waals surface area (Å²) < 4.78 is 22.8. The molecular weight excluding hydrogens is 334 g/mol. The fourth-order valence-electron chi connectivity index (χ4n) is 2.81. The average Bonchev–Trinajstić information content (AvgIpc) is 2.88. The lowest BCUT2D eigenvalue weighted by Gasteiger charge is -2.23. The highest BCUT2D eigenvalue weighted by Gasteiger charge is 2.27. The molecule has 1 aliphatic heterocycles. The molecule has 1 heterocycles. The first-order valence-electron chi connectivity index (χ1n) is 7.62. The summed E-state index contributed by atoms with van der Waals surface area (Å²) in [6.07, 6.45) is 1.28. The van der Waals surface area contributed by atoms with Crippen LogP contribution < -0.4 is 10.0 Å². The van der Waals surface area contributed by atoms with Crippen LogP contribution in [0.4, 0.5) is 5.69 Å². The number of nitrogens with zero attached hydrogens (tertiary/aromatic N) is 2. The highest BCUT2D eigenvalue weighted by atomic mass is 32.2. The van der Waals surface area contributed by atoms with Crippen LogP contribution >= 0.6 is 0 Å². The maximum atomic E-state index is 12.5. The van der Waals surface area contributed by atoms with E-state index in [4.69, 9.17) is 10.2 Å². The fraction of sp³-hybridized carbons (Fsp3) is 0.467. The van der Waals surface area contributed by atoms with Crippen molar-refractivity contribution in [1.29, 1.82) is 0 Å². The summed E-state index contributed by atoms with van der Waals surface area (Å²) >= 11 is 0. The maximum absolute atomic E-state index is 12.5. The first-order chi connectivity index (χ1) is 11.2. The van der Waals surface area contributed by atoms with Crippen molar-refractivity contribution in [3.05, 3.63) is 23.8 Å². The Morgan fingerprint density at radius 1 is 1.33 bits per heavy atom. The van der Waals surface area contributed by atoms with Crippen molar-refractivity contribution >= 4 is 27.6 Å². The van der Waals surface area contributed by atoms with Gasteiger partial charge in [0.25, 0.3) is 0 Å². The van der Waals surface area contributed by atoms with E-state index >= 15 is 0 Å². The number of nitrogens with two attached hydrogens (primary N) is 1. The summed E-state index contributed by atoms with van der Waals surface area (Å²) in [5.74, 6) is -1.18. The van der Waals surface area contributed by atoms with Gasteiger partial charge in [-0.25, -0.2) is 13.6 Å². The van der Waals surface area contributed by atoms with E-state index in [9.17, 15) is 18.0 Å². The van der Waals surface area contributed by atoms with Gasteiger partial charge in [-0.1, -0.05) is 6.92 Å². The van der Waals surface area contributed by atoms with Crippen LogP contribution in [0.5, 0.6) is 0 Å². The standard InChI is InChI=1S/C15H21N3O5S/c1-2-6-17(10-15(20)21)9-14(19)18-7-5-11-8-12(24(16,22)23)3-4-13(11)18/h3-4,8H,2,5-7,9-10H2,1H3,(H,20,21)(H2,16,22,23). The summed E-state index contributed by atoms with van der Waals surface area (Å²) in [6, 6.07) is 4.43. The molecule has 0 radical (unpaired) electrons. The van der Waals surface area contributed by atoms with E-state index in [0.717, 1.165) is 12.0 Å².